The summed E-state index contributed by atoms with van der Waals surface area (Å²) in [6, 6.07) is 13.4. The second-order valence-electron chi connectivity index (χ2n) is 6.31. The lowest BCUT2D eigenvalue weighted by atomic mass is 10.1. The molecule has 1 heterocycles. The lowest BCUT2D eigenvalue weighted by molar-refractivity contribution is 0.0899. The highest BCUT2D eigenvalue weighted by molar-refractivity contribution is 7.90. The molecular weight excluding hydrogens is 380 g/mol. The number of ether oxygens (including phenoxy) is 1. The average molecular weight is 400 g/mol. The Bertz CT molecular complexity index is 1140. The smallest absolute Gasteiger partial charge is 0.349 e. The van der Waals surface area contributed by atoms with Gasteiger partial charge in [-0.25, -0.2) is 17.8 Å². The summed E-state index contributed by atoms with van der Waals surface area (Å²) in [6.45, 7) is 1.83. The highest BCUT2D eigenvalue weighted by Crippen LogP contribution is 2.14. The molecule has 28 heavy (non-hydrogen) atoms. The summed E-state index contributed by atoms with van der Waals surface area (Å²) in [4.78, 5) is 24.9. The first kappa shape index (κ1) is 19.6. The van der Waals surface area contributed by atoms with Crippen molar-refractivity contribution in [3.63, 3.8) is 0 Å². The Kier molecular flexibility index (Phi) is 5.51. The van der Waals surface area contributed by atoms with E-state index >= 15 is 0 Å². The van der Waals surface area contributed by atoms with Gasteiger partial charge in [0, 0.05) is 18.8 Å². The van der Waals surface area contributed by atoms with E-state index in [1.54, 1.807) is 31.4 Å². The van der Waals surface area contributed by atoms with Crippen LogP contribution in [0.15, 0.2) is 70.6 Å². The first-order chi connectivity index (χ1) is 13.3. The number of methoxy groups -OCH3 is 1. The van der Waals surface area contributed by atoms with Crippen LogP contribution in [0.1, 0.15) is 22.3 Å². The Morgan fingerprint density at radius 1 is 1.00 bits per heavy atom. The summed E-state index contributed by atoms with van der Waals surface area (Å²) in [5.41, 5.74) is 0.909. The lowest BCUT2D eigenvalue weighted by Gasteiger charge is -2.05. The van der Waals surface area contributed by atoms with E-state index in [1.165, 1.54) is 18.3 Å². The molecule has 0 aliphatic heterocycles. The molecule has 0 N–H and O–H groups in total. The molecule has 8 heteroatoms. The molecule has 0 aliphatic rings. The normalized spacial score (nSPS) is 11.4. The van der Waals surface area contributed by atoms with Crippen molar-refractivity contribution in [2.45, 2.75) is 24.7 Å². The standard InChI is InChI=1S/C20H20N2O5S/c1-15-3-10-18(11-4-15)28(25,26)22-14-13-21(20(22)24)19(23)12-7-16-5-8-17(27-2)9-6-16/h3-6,8-11,13-14H,7,12H2,1-2H3. The largest absolute Gasteiger partial charge is 0.497 e. The van der Waals surface area contributed by atoms with Crippen LogP contribution in [-0.2, 0) is 16.4 Å². The van der Waals surface area contributed by atoms with E-state index < -0.39 is 21.6 Å². The molecule has 0 aliphatic carbocycles. The van der Waals surface area contributed by atoms with Gasteiger partial charge in [0.2, 0.25) is 5.91 Å². The summed E-state index contributed by atoms with van der Waals surface area (Å²) in [5, 5.41) is 0. The van der Waals surface area contributed by atoms with Gasteiger partial charge in [0.05, 0.1) is 12.0 Å². The van der Waals surface area contributed by atoms with Crippen LogP contribution < -0.4 is 10.4 Å². The quantitative estimate of drug-likeness (QED) is 0.634. The zero-order valence-corrected chi connectivity index (χ0v) is 16.3. The van der Waals surface area contributed by atoms with Crippen molar-refractivity contribution in [2.75, 3.05) is 7.11 Å². The fourth-order valence-corrected chi connectivity index (χ4v) is 3.94. The van der Waals surface area contributed by atoms with E-state index in [1.807, 2.05) is 19.1 Å². The average Bonchev–Trinajstić information content (AvgIpc) is 3.09. The van der Waals surface area contributed by atoms with E-state index in [2.05, 4.69) is 0 Å². The SMILES string of the molecule is COc1ccc(CCC(=O)n2ccn(S(=O)(=O)c3ccc(C)cc3)c2=O)cc1. The molecule has 0 saturated heterocycles. The molecule has 0 saturated carbocycles. The van der Waals surface area contributed by atoms with Gasteiger partial charge in [-0.3, -0.25) is 4.79 Å². The highest BCUT2D eigenvalue weighted by Gasteiger charge is 2.22. The Balaban J connectivity index is 1.79. The number of carbonyl (C=O) groups excluding carboxylic acids is 1. The van der Waals surface area contributed by atoms with Gasteiger partial charge in [-0.15, -0.1) is 0 Å². The van der Waals surface area contributed by atoms with Crippen molar-refractivity contribution in [2.24, 2.45) is 0 Å². The second kappa shape index (κ2) is 7.85. The molecule has 146 valence electrons. The summed E-state index contributed by atoms with van der Waals surface area (Å²) < 4.78 is 31.8. The van der Waals surface area contributed by atoms with Crippen molar-refractivity contribution in [1.29, 1.82) is 0 Å². The fourth-order valence-electron chi connectivity index (χ4n) is 2.72. The van der Waals surface area contributed by atoms with Crippen LogP contribution in [0.2, 0.25) is 0 Å². The molecule has 0 fully saturated rings. The van der Waals surface area contributed by atoms with Crippen molar-refractivity contribution < 1.29 is 17.9 Å². The maximum atomic E-state index is 12.7. The molecule has 3 rings (SSSR count). The van der Waals surface area contributed by atoms with Crippen molar-refractivity contribution in [3.8, 4) is 5.75 Å². The van der Waals surface area contributed by atoms with Gasteiger partial charge in [0.1, 0.15) is 5.75 Å². The Morgan fingerprint density at radius 2 is 1.64 bits per heavy atom. The number of aromatic nitrogens is 2. The zero-order valence-electron chi connectivity index (χ0n) is 15.5. The number of carbonyl (C=O) groups is 1. The highest BCUT2D eigenvalue weighted by atomic mass is 32.2. The van der Waals surface area contributed by atoms with E-state index in [0.717, 1.165) is 21.9 Å². The monoisotopic (exact) mass is 400 g/mol. The van der Waals surface area contributed by atoms with E-state index in [4.69, 9.17) is 4.74 Å². The van der Waals surface area contributed by atoms with Crippen LogP contribution in [0.4, 0.5) is 0 Å². The Labute approximate surface area is 162 Å². The van der Waals surface area contributed by atoms with E-state index in [0.29, 0.717) is 16.1 Å². The third-order valence-electron chi connectivity index (χ3n) is 4.38. The molecule has 7 nitrogen and oxygen atoms in total. The van der Waals surface area contributed by atoms with Crippen LogP contribution >= 0.6 is 0 Å². The van der Waals surface area contributed by atoms with Crippen LogP contribution in [0, 0.1) is 6.92 Å². The first-order valence-corrected chi connectivity index (χ1v) is 10.1. The Morgan fingerprint density at radius 3 is 2.25 bits per heavy atom. The maximum absolute atomic E-state index is 12.7. The number of hydrogen-bond acceptors (Lipinski definition) is 5. The van der Waals surface area contributed by atoms with Crippen LogP contribution in [0.25, 0.3) is 0 Å². The van der Waals surface area contributed by atoms with Crippen molar-refractivity contribution in [3.05, 3.63) is 82.5 Å². The van der Waals surface area contributed by atoms with Gasteiger partial charge < -0.3 is 4.74 Å². The lowest BCUT2D eigenvalue weighted by Crippen LogP contribution is -2.32. The molecule has 0 amide bonds. The number of rotatable bonds is 6. The minimum absolute atomic E-state index is 0.0105. The molecule has 0 spiro atoms. The maximum Gasteiger partial charge on any atom is 0.349 e. The van der Waals surface area contributed by atoms with Crippen LogP contribution in [0.5, 0.6) is 5.75 Å². The minimum Gasteiger partial charge on any atom is -0.497 e. The van der Waals surface area contributed by atoms with Crippen molar-refractivity contribution in [1.82, 2.24) is 8.54 Å². The molecule has 2 aromatic carbocycles. The van der Waals surface area contributed by atoms with Gasteiger partial charge in [-0.1, -0.05) is 29.8 Å². The van der Waals surface area contributed by atoms with Crippen LogP contribution in [-0.4, -0.2) is 30.0 Å². The molecular formula is C20H20N2O5S. The van der Waals surface area contributed by atoms with Gasteiger partial charge in [-0.05, 0) is 43.2 Å². The summed E-state index contributed by atoms with van der Waals surface area (Å²) in [7, 11) is -2.49. The number of nitrogens with zero attached hydrogens (tertiary/aromatic N) is 2. The van der Waals surface area contributed by atoms with Gasteiger partial charge in [0.15, 0.2) is 0 Å². The Hall–Kier alpha value is -3.13. The number of benzene rings is 2. The first-order valence-electron chi connectivity index (χ1n) is 8.61. The van der Waals surface area contributed by atoms with E-state index in [-0.39, 0.29) is 11.3 Å². The predicted molar refractivity (Wildman–Crippen MR) is 104 cm³/mol. The number of hydrogen-bond donors (Lipinski definition) is 0. The second-order valence-corrected chi connectivity index (χ2v) is 8.12. The summed E-state index contributed by atoms with van der Waals surface area (Å²) >= 11 is 0. The predicted octanol–water partition coefficient (Wildman–Crippen LogP) is 2.48. The van der Waals surface area contributed by atoms with Crippen LogP contribution in [0.3, 0.4) is 0 Å². The van der Waals surface area contributed by atoms with Gasteiger partial charge >= 0.3 is 5.69 Å². The summed E-state index contributed by atoms with van der Waals surface area (Å²) in [6.07, 6.45) is 2.78. The molecule has 3 aromatic rings. The third-order valence-corrected chi connectivity index (χ3v) is 6.04. The molecule has 0 unspecified atom stereocenters. The summed E-state index contributed by atoms with van der Waals surface area (Å²) in [5.74, 6) is 0.239. The molecule has 1 aromatic heterocycles. The fraction of sp³-hybridized carbons (Fsp3) is 0.200. The van der Waals surface area contributed by atoms with E-state index in [9.17, 15) is 18.0 Å². The molecule has 0 radical (unpaired) electrons. The molecule has 0 bridgehead atoms. The number of imidazole rings is 1. The third kappa shape index (κ3) is 3.91. The minimum atomic E-state index is -4.06. The molecule has 0 atom stereocenters. The topological polar surface area (TPSA) is 87.4 Å². The number of aryl methyl sites for hydroxylation is 2. The van der Waals surface area contributed by atoms with Gasteiger partial charge in [0.25, 0.3) is 10.0 Å². The zero-order chi connectivity index (χ0) is 20.3. The van der Waals surface area contributed by atoms with Gasteiger partial charge in [-0.2, -0.15) is 3.97 Å². The van der Waals surface area contributed by atoms with Crippen molar-refractivity contribution >= 4 is 15.9 Å².